The number of aryl methyl sites for hydroxylation is 2. The Hall–Kier alpha value is -2.97. The molecule has 1 unspecified atom stereocenters. The van der Waals surface area contributed by atoms with Crippen LogP contribution in [0, 0.1) is 25.7 Å². The van der Waals surface area contributed by atoms with Gasteiger partial charge in [-0.15, -0.1) is 0 Å². The van der Waals surface area contributed by atoms with Crippen molar-refractivity contribution in [1.82, 2.24) is 4.90 Å². The van der Waals surface area contributed by atoms with Gasteiger partial charge in [0.1, 0.15) is 17.6 Å². The number of benzene rings is 1. The Labute approximate surface area is 217 Å². The minimum Gasteiger partial charge on any atom is -0.465 e. The topological polar surface area (TPSA) is 96.4 Å². The fourth-order valence-corrected chi connectivity index (χ4v) is 6.50. The molecule has 2 amide bonds. The maximum atomic E-state index is 14.4. The normalized spacial score (nSPS) is 34.5. The van der Waals surface area contributed by atoms with Crippen molar-refractivity contribution in [3.8, 4) is 0 Å². The number of fused-ring (bicyclic) bond motifs is 2. The molecule has 4 aliphatic rings. The minimum absolute atomic E-state index is 0.119. The molecule has 5 rings (SSSR count). The number of aliphatic hydroxyl groups excluding tert-OH is 1. The first-order valence-electron chi connectivity index (χ1n) is 13.3. The van der Waals surface area contributed by atoms with E-state index >= 15 is 0 Å². The Morgan fingerprint density at radius 3 is 2.65 bits per heavy atom. The third-order valence-corrected chi connectivity index (χ3v) is 8.21. The molecule has 0 bridgehead atoms. The molecule has 1 aromatic carbocycles. The number of allylic oxidation sites excluding steroid dienone is 1. The molecule has 2 saturated heterocycles. The van der Waals surface area contributed by atoms with Gasteiger partial charge in [-0.05, 0) is 63.6 Å². The molecule has 2 fully saturated rings. The maximum Gasteiger partial charge on any atom is 0.313 e. The number of rotatable bonds is 4. The van der Waals surface area contributed by atoms with Gasteiger partial charge in [0.2, 0.25) is 5.91 Å². The van der Waals surface area contributed by atoms with E-state index in [1.54, 1.807) is 4.90 Å². The van der Waals surface area contributed by atoms with E-state index in [0.29, 0.717) is 19.6 Å². The largest absolute Gasteiger partial charge is 0.465 e. The van der Waals surface area contributed by atoms with Crippen LogP contribution in [0.4, 0.5) is 5.69 Å². The van der Waals surface area contributed by atoms with Crippen molar-refractivity contribution >= 4 is 23.5 Å². The van der Waals surface area contributed by atoms with Gasteiger partial charge in [-0.2, -0.15) is 0 Å². The Morgan fingerprint density at radius 1 is 1.05 bits per heavy atom. The molecule has 5 atom stereocenters. The molecule has 4 aliphatic heterocycles. The number of hydrogen-bond donors (Lipinski definition) is 1. The van der Waals surface area contributed by atoms with Gasteiger partial charge in [-0.25, -0.2) is 0 Å². The lowest BCUT2D eigenvalue weighted by Gasteiger charge is -2.37. The van der Waals surface area contributed by atoms with Gasteiger partial charge in [0, 0.05) is 25.4 Å². The van der Waals surface area contributed by atoms with Crippen LogP contribution >= 0.6 is 0 Å². The lowest BCUT2D eigenvalue weighted by atomic mass is 9.74. The van der Waals surface area contributed by atoms with Crippen molar-refractivity contribution in [3.63, 3.8) is 0 Å². The number of amides is 2. The second-order valence-electron chi connectivity index (χ2n) is 10.8. The predicted molar refractivity (Wildman–Crippen MR) is 138 cm³/mol. The zero-order valence-electron chi connectivity index (χ0n) is 21.8. The maximum absolute atomic E-state index is 14.4. The van der Waals surface area contributed by atoms with Crippen LogP contribution in [0.2, 0.25) is 0 Å². The molecular formula is C29H36N2O6. The smallest absolute Gasteiger partial charge is 0.313 e. The van der Waals surface area contributed by atoms with Gasteiger partial charge >= 0.3 is 5.97 Å². The standard InChI is InChI=1S/C29H36N2O6/c1-19-10-11-20(2)21(18-19)30-14-8-13-29-22(25(33)31(15-9-16-32)24(29)26(30)34)23-27(35)36-17-7-5-4-6-12-28(23,3)37-29/h6,8,10-13,18,22-24,32H,4-5,7,9,14-17H2,1-3H3/b12-6-/t22-,23-,24?,28+,29-/m0/s1. The summed E-state index contributed by atoms with van der Waals surface area (Å²) in [6, 6.07) is 4.99. The number of nitrogens with zero attached hydrogens (tertiary/aromatic N) is 2. The highest BCUT2D eigenvalue weighted by atomic mass is 16.6. The van der Waals surface area contributed by atoms with Crippen LogP contribution < -0.4 is 4.90 Å². The second-order valence-corrected chi connectivity index (χ2v) is 10.8. The van der Waals surface area contributed by atoms with Crippen LogP contribution in [0.25, 0.3) is 0 Å². The highest BCUT2D eigenvalue weighted by Gasteiger charge is 2.74. The van der Waals surface area contributed by atoms with E-state index in [9.17, 15) is 19.5 Å². The van der Waals surface area contributed by atoms with Crippen LogP contribution in [-0.4, -0.2) is 71.3 Å². The fourth-order valence-electron chi connectivity index (χ4n) is 6.50. The van der Waals surface area contributed by atoms with Gasteiger partial charge < -0.3 is 24.4 Å². The number of aliphatic hydroxyl groups is 1. The van der Waals surface area contributed by atoms with Gasteiger partial charge in [0.05, 0.1) is 18.1 Å². The SMILES string of the molecule is Cc1ccc(C)c(N2CC=C[C@]34O[C@]5(C)/C=C\CCCCOC(=O)[C@@H]5[C@H]3C(=O)N(CCCO)C4C2=O)c1. The van der Waals surface area contributed by atoms with E-state index in [1.807, 2.05) is 63.3 Å². The molecule has 1 N–H and O–H groups in total. The molecule has 37 heavy (non-hydrogen) atoms. The number of carbonyl (C=O) groups is 3. The van der Waals surface area contributed by atoms with Crippen molar-refractivity contribution in [1.29, 1.82) is 0 Å². The number of cyclic esters (lactones) is 1. The lowest BCUT2D eigenvalue weighted by molar-refractivity contribution is -0.158. The van der Waals surface area contributed by atoms with Crippen molar-refractivity contribution in [2.45, 2.75) is 63.7 Å². The van der Waals surface area contributed by atoms with E-state index in [-0.39, 0.29) is 25.0 Å². The first kappa shape index (κ1) is 25.7. The summed E-state index contributed by atoms with van der Waals surface area (Å²) in [5.74, 6) is -2.83. The molecule has 8 nitrogen and oxygen atoms in total. The monoisotopic (exact) mass is 508 g/mol. The van der Waals surface area contributed by atoms with E-state index < -0.39 is 35.0 Å². The first-order chi connectivity index (χ1) is 17.7. The summed E-state index contributed by atoms with van der Waals surface area (Å²) in [4.78, 5) is 45.2. The number of anilines is 1. The summed E-state index contributed by atoms with van der Waals surface area (Å²) in [6.45, 7) is 6.44. The van der Waals surface area contributed by atoms with Crippen molar-refractivity contribution in [2.24, 2.45) is 11.8 Å². The highest BCUT2D eigenvalue weighted by molar-refractivity contribution is 6.06. The Bertz CT molecular complexity index is 1160. The number of hydrogen-bond acceptors (Lipinski definition) is 6. The number of likely N-dealkylation sites (tertiary alicyclic amines) is 1. The van der Waals surface area contributed by atoms with Gasteiger partial charge in [-0.1, -0.05) is 36.4 Å². The molecule has 0 radical (unpaired) electrons. The quantitative estimate of drug-likeness (QED) is 0.496. The van der Waals surface area contributed by atoms with Crippen LogP contribution in [0.3, 0.4) is 0 Å². The highest BCUT2D eigenvalue weighted by Crippen LogP contribution is 2.57. The first-order valence-corrected chi connectivity index (χ1v) is 13.3. The lowest BCUT2D eigenvalue weighted by Crippen LogP contribution is -2.56. The van der Waals surface area contributed by atoms with Gasteiger partial charge in [-0.3, -0.25) is 14.4 Å². The van der Waals surface area contributed by atoms with E-state index in [2.05, 4.69) is 0 Å². The summed E-state index contributed by atoms with van der Waals surface area (Å²) in [6.07, 6.45) is 10.4. The molecule has 0 aliphatic carbocycles. The summed E-state index contributed by atoms with van der Waals surface area (Å²) < 4.78 is 12.4. The van der Waals surface area contributed by atoms with E-state index in [4.69, 9.17) is 9.47 Å². The Balaban J connectivity index is 1.65. The number of carbonyl (C=O) groups excluding carboxylic acids is 3. The van der Waals surface area contributed by atoms with Crippen molar-refractivity contribution in [3.05, 3.63) is 53.6 Å². The third kappa shape index (κ3) is 4.10. The average molecular weight is 509 g/mol. The summed E-state index contributed by atoms with van der Waals surface area (Å²) in [7, 11) is 0. The van der Waals surface area contributed by atoms with Crippen LogP contribution in [0.1, 0.15) is 43.7 Å². The fraction of sp³-hybridized carbons (Fsp3) is 0.552. The molecular weight excluding hydrogens is 472 g/mol. The van der Waals surface area contributed by atoms with Crippen LogP contribution in [0.5, 0.6) is 0 Å². The summed E-state index contributed by atoms with van der Waals surface area (Å²) >= 11 is 0. The predicted octanol–water partition coefficient (Wildman–Crippen LogP) is 2.84. The summed E-state index contributed by atoms with van der Waals surface area (Å²) in [5.41, 5.74) is 0.331. The van der Waals surface area contributed by atoms with Crippen molar-refractivity contribution < 1.29 is 29.0 Å². The second kappa shape index (κ2) is 9.72. The van der Waals surface area contributed by atoms with E-state index in [1.165, 1.54) is 4.90 Å². The molecule has 198 valence electrons. The van der Waals surface area contributed by atoms with E-state index in [0.717, 1.165) is 36.1 Å². The molecule has 0 aromatic heterocycles. The molecule has 0 saturated carbocycles. The summed E-state index contributed by atoms with van der Waals surface area (Å²) in [5, 5.41) is 9.56. The van der Waals surface area contributed by atoms with Gasteiger partial charge in [0.25, 0.3) is 5.91 Å². The van der Waals surface area contributed by atoms with Crippen molar-refractivity contribution in [2.75, 3.05) is 31.2 Å². The molecule has 1 spiro atoms. The zero-order chi connectivity index (χ0) is 26.4. The number of ether oxygens (including phenoxy) is 2. The molecule has 8 heteroatoms. The Morgan fingerprint density at radius 2 is 1.86 bits per heavy atom. The number of esters is 1. The van der Waals surface area contributed by atoms with Crippen LogP contribution in [0.15, 0.2) is 42.5 Å². The molecule has 4 heterocycles. The average Bonchev–Trinajstić information content (AvgIpc) is 3.19. The van der Waals surface area contributed by atoms with Crippen LogP contribution in [-0.2, 0) is 23.9 Å². The minimum atomic E-state index is -1.33. The molecule has 1 aromatic rings. The third-order valence-electron chi connectivity index (χ3n) is 8.21. The zero-order valence-corrected chi connectivity index (χ0v) is 21.8. The Kier molecular flexibility index (Phi) is 6.75. The van der Waals surface area contributed by atoms with Gasteiger partial charge in [0.15, 0.2) is 0 Å².